The molecule has 1 heteroatoms. The Morgan fingerprint density at radius 2 is 1.57 bits per heavy atom. The van der Waals surface area contributed by atoms with Crippen LogP contribution in [0.5, 0.6) is 0 Å². The van der Waals surface area contributed by atoms with E-state index in [0.717, 1.165) is 6.54 Å². The summed E-state index contributed by atoms with van der Waals surface area (Å²) < 4.78 is 0. The summed E-state index contributed by atoms with van der Waals surface area (Å²) in [6.45, 7) is 3.12. The summed E-state index contributed by atoms with van der Waals surface area (Å²) in [4.78, 5) is 4.65. The number of hydrogen-bond acceptors (Lipinski definition) is 1. The molecule has 0 unspecified atom stereocenters. The number of nitrogens with zero attached hydrogens (tertiary/aromatic N) is 1. The summed E-state index contributed by atoms with van der Waals surface area (Å²) in [7, 11) is 0. The topological polar surface area (TPSA) is 12.4 Å². The lowest BCUT2D eigenvalue weighted by atomic mass is 10.1. The maximum atomic E-state index is 4.65. The molecule has 0 atom stereocenters. The smallest absolute Gasteiger partial charge is 0.0392 e. The van der Waals surface area contributed by atoms with Crippen LogP contribution in [0.15, 0.2) is 17.1 Å². The first kappa shape index (κ1) is 11.5. The van der Waals surface area contributed by atoms with Gasteiger partial charge in [0.25, 0.3) is 0 Å². The molecule has 0 saturated heterocycles. The van der Waals surface area contributed by atoms with Crippen LogP contribution in [0.2, 0.25) is 0 Å². The summed E-state index contributed by atoms with van der Waals surface area (Å²) in [6, 6.07) is 0. The molecule has 1 aliphatic heterocycles. The molecule has 1 heterocycles. The van der Waals surface area contributed by atoms with E-state index in [1.54, 1.807) is 0 Å². The van der Waals surface area contributed by atoms with E-state index in [4.69, 9.17) is 0 Å². The van der Waals surface area contributed by atoms with Gasteiger partial charge in [0.2, 0.25) is 0 Å². The van der Waals surface area contributed by atoms with Crippen molar-refractivity contribution >= 4 is 5.71 Å². The molecule has 0 bridgehead atoms. The molecular formula is C13H23N. The summed E-state index contributed by atoms with van der Waals surface area (Å²) in [6.07, 6.45) is 15.1. The molecule has 0 aliphatic carbocycles. The minimum atomic E-state index is 1.04. The van der Waals surface area contributed by atoms with E-state index in [2.05, 4.69) is 24.1 Å². The SMILES string of the molecule is C/C=C/C1=NCCCCCCCCC1. The first-order chi connectivity index (χ1) is 6.93. The fraction of sp³-hybridized carbons (Fsp3) is 0.769. The van der Waals surface area contributed by atoms with Crippen molar-refractivity contribution in [2.45, 2.75) is 58.3 Å². The maximum absolute atomic E-state index is 4.65. The van der Waals surface area contributed by atoms with Crippen molar-refractivity contribution in [1.82, 2.24) is 0 Å². The van der Waals surface area contributed by atoms with Crippen LogP contribution in [0.1, 0.15) is 58.3 Å². The summed E-state index contributed by atoms with van der Waals surface area (Å²) >= 11 is 0. The van der Waals surface area contributed by atoms with E-state index < -0.39 is 0 Å². The number of aliphatic imine (C=N–C) groups is 1. The van der Waals surface area contributed by atoms with Gasteiger partial charge in [-0.3, -0.25) is 4.99 Å². The second-order valence-corrected chi connectivity index (χ2v) is 4.10. The minimum Gasteiger partial charge on any atom is -0.290 e. The Morgan fingerprint density at radius 3 is 2.29 bits per heavy atom. The molecule has 0 radical (unpaired) electrons. The molecule has 0 aromatic carbocycles. The first-order valence-corrected chi connectivity index (χ1v) is 6.09. The molecular weight excluding hydrogens is 170 g/mol. The van der Waals surface area contributed by atoms with E-state index in [1.165, 1.54) is 57.1 Å². The number of hydrogen-bond donors (Lipinski definition) is 0. The van der Waals surface area contributed by atoms with Crippen molar-refractivity contribution in [1.29, 1.82) is 0 Å². The van der Waals surface area contributed by atoms with Gasteiger partial charge < -0.3 is 0 Å². The predicted octanol–water partition coefficient (Wildman–Crippen LogP) is 4.14. The Labute approximate surface area is 88.3 Å². The predicted molar refractivity (Wildman–Crippen MR) is 64.1 cm³/mol. The summed E-state index contributed by atoms with van der Waals surface area (Å²) in [5.74, 6) is 0. The molecule has 0 saturated carbocycles. The quantitative estimate of drug-likeness (QED) is 0.593. The van der Waals surface area contributed by atoms with Crippen LogP contribution in [-0.4, -0.2) is 12.3 Å². The first-order valence-electron chi connectivity index (χ1n) is 6.09. The van der Waals surface area contributed by atoms with Gasteiger partial charge in [-0.1, -0.05) is 38.2 Å². The second kappa shape index (κ2) is 7.78. The monoisotopic (exact) mass is 193 g/mol. The summed E-state index contributed by atoms with van der Waals surface area (Å²) in [5, 5.41) is 0. The van der Waals surface area contributed by atoms with Gasteiger partial charge in [0.05, 0.1) is 0 Å². The lowest BCUT2D eigenvalue weighted by Gasteiger charge is -2.00. The molecule has 0 aromatic rings. The number of rotatable bonds is 1. The zero-order valence-electron chi connectivity index (χ0n) is 9.47. The average Bonchev–Trinajstić information content (AvgIpc) is 2.24. The lowest BCUT2D eigenvalue weighted by Crippen LogP contribution is -1.95. The molecule has 0 N–H and O–H groups in total. The molecule has 1 aliphatic rings. The van der Waals surface area contributed by atoms with Gasteiger partial charge in [-0.05, 0) is 32.3 Å². The van der Waals surface area contributed by atoms with Crippen molar-refractivity contribution in [3.8, 4) is 0 Å². The van der Waals surface area contributed by atoms with Gasteiger partial charge in [0.1, 0.15) is 0 Å². The van der Waals surface area contributed by atoms with Gasteiger partial charge in [-0.25, -0.2) is 0 Å². The molecule has 0 amide bonds. The molecule has 1 rings (SSSR count). The molecule has 14 heavy (non-hydrogen) atoms. The molecule has 80 valence electrons. The third-order valence-corrected chi connectivity index (χ3v) is 2.76. The highest BCUT2D eigenvalue weighted by Crippen LogP contribution is 2.11. The van der Waals surface area contributed by atoms with Crippen LogP contribution < -0.4 is 0 Å². The third-order valence-electron chi connectivity index (χ3n) is 2.76. The zero-order chi connectivity index (χ0) is 10.1. The average molecular weight is 193 g/mol. The Hall–Kier alpha value is -0.590. The third kappa shape index (κ3) is 5.21. The molecule has 1 nitrogen and oxygen atoms in total. The van der Waals surface area contributed by atoms with Crippen LogP contribution >= 0.6 is 0 Å². The fourth-order valence-electron chi connectivity index (χ4n) is 1.93. The highest BCUT2D eigenvalue weighted by atomic mass is 14.7. The van der Waals surface area contributed by atoms with Crippen LogP contribution in [0.25, 0.3) is 0 Å². The largest absolute Gasteiger partial charge is 0.290 e. The van der Waals surface area contributed by atoms with Crippen molar-refractivity contribution < 1.29 is 0 Å². The van der Waals surface area contributed by atoms with Gasteiger partial charge in [0.15, 0.2) is 0 Å². The van der Waals surface area contributed by atoms with Crippen LogP contribution in [0.3, 0.4) is 0 Å². The van der Waals surface area contributed by atoms with E-state index >= 15 is 0 Å². The number of allylic oxidation sites excluding steroid dienone is 2. The van der Waals surface area contributed by atoms with E-state index in [-0.39, 0.29) is 0 Å². The van der Waals surface area contributed by atoms with Gasteiger partial charge in [0, 0.05) is 12.3 Å². The summed E-state index contributed by atoms with van der Waals surface area (Å²) in [5.41, 5.74) is 1.31. The normalized spacial score (nSPS) is 21.6. The highest BCUT2D eigenvalue weighted by Gasteiger charge is 1.98. The minimum absolute atomic E-state index is 1.04. The van der Waals surface area contributed by atoms with Crippen molar-refractivity contribution in [2.24, 2.45) is 4.99 Å². The zero-order valence-corrected chi connectivity index (χ0v) is 9.47. The fourth-order valence-corrected chi connectivity index (χ4v) is 1.93. The van der Waals surface area contributed by atoms with Crippen LogP contribution in [0.4, 0.5) is 0 Å². The second-order valence-electron chi connectivity index (χ2n) is 4.10. The Balaban J connectivity index is 2.40. The molecule has 0 spiro atoms. The Morgan fingerprint density at radius 1 is 0.929 bits per heavy atom. The van der Waals surface area contributed by atoms with Crippen LogP contribution in [0, 0.1) is 0 Å². The van der Waals surface area contributed by atoms with E-state index in [1.807, 2.05) is 0 Å². The highest BCUT2D eigenvalue weighted by molar-refractivity contribution is 5.94. The Kier molecular flexibility index (Phi) is 6.38. The van der Waals surface area contributed by atoms with E-state index in [0.29, 0.717) is 0 Å². The van der Waals surface area contributed by atoms with Gasteiger partial charge >= 0.3 is 0 Å². The Bertz CT molecular complexity index is 191. The van der Waals surface area contributed by atoms with Crippen LogP contribution in [-0.2, 0) is 0 Å². The lowest BCUT2D eigenvalue weighted by molar-refractivity contribution is 0.593. The van der Waals surface area contributed by atoms with Crippen molar-refractivity contribution in [3.05, 3.63) is 12.2 Å². The molecule has 0 fully saturated rings. The van der Waals surface area contributed by atoms with Crippen molar-refractivity contribution in [3.63, 3.8) is 0 Å². The van der Waals surface area contributed by atoms with E-state index in [9.17, 15) is 0 Å². The standard InChI is InChI=1S/C13H23N/c1-2-10-13-11-8-6-4-3-5-7-9-12-14-13/h2,10H,3-9,11-12H2,1H3/b10-2+,14-13?. The van der Waals surface area contributed by atoms with Gasteiger partial charge in [-0.15, -0.1) is 0 Å². The van der Waals surface area contributed by atoms with Gasteiger partial charge in [-0.2, -0.15) is 0 Å². The molecule has 0 aromatic heterocycles. The maximum Gasteiger partial charge on any atom is 0.0392 e. The van der Waals surface area contributed by atoms with Crippen molar-refractivity contribution in [2.75, 3.05) is 6.54 Å².